The number of amides is 1. The van der Waals surface area contributed by atoms with Crippen LogP contribution in [-0.2, 0) is 20.7 Å². The van der Waals surface area contributed by atoms with Crippen molar-refractivity contribution in [3.63, 3.8) is 0 Å². The Morgan fingerprint density at radius 3 is 2.50 bits per heavy atom. The molecule has 0 aliphatic heterocycles. The number of carbonyl (C=O) groups is 2. The van der Waals surface area contributed by atoms with Gasteiger partial charge in [-0.15, -0.1) is 0 Å². The van der Waals surface area contributed by atoms with E-state index in [2.05, 4.69) is 5.32 Å². The van der Waals surface area contributed by atoms with Crippen LogP contribution in [0.25, 0.3) is 0 Å². The molecule has 0 saturated carbocycles. The van der Waals surface area contributed by atoms with E-state index in [1.165, 1.54) is 32.2 Å². The van der Waals surface area contributed by atoms with Gasteiger partial charge < -0.3 is 14.8 Å². The first-order valence-electron chi connectivity index (χ1n) is 7.77. The number of nitro groups is 1. The van der Waals surface area contributed by atoms with Crippen LogP contribution in [-0.4, -0.2) is 30.0 Å². The number of rotatable bonds is 7. The summed E-state index contributed by atoms with van der Waals surface area (Å²) in [4.78, 5) is 34.5. The van der Waals surface area contributed by atoms with Crippen molar-refractivity contribution >= 4 is 23.3 Å². The number of nitro benzene ring substituents is 1. The summed E-state index contributed by atoms with van der Waals surface area (Å²) < 4.78 is 10.2. The topological polar surface area (TPSA) is 108 Å². The minimum Gasteiger partial charge on any atom is -0.495 e. The number of nitrogens with zero attached hydrogens (tertiary/aromatic N) is 1. The maximum absolute atomic E-state index is 12.2. The molecular weight excluding hydrogens is 340 g/mol. The molecule has 0 aliphatic rings. The van der Waals surface area contributed by atoms with E-state index in [0.717, 1.165) is 5.56 Å². The molecule has 0 radical (unpaired) electrons. The van der Waals surface area contributed by atoms with Crippen LogP contribution >= 0.6 is 0 Å². The first kappa shape index (κ1) is 18.9. The first-order valence-corrected chi connectivity index (χ1v) is 7.77. The van der Waals surface area contributed by atoms with E-state index in [1.54, 1.807) is 24.3 Å². The molecule has 0 heterocycles. The van der Waals surface area contributed by atoms with Crippen LogP contribution in [0.3, 0.4) is 0 Å². The van der Waals surface area contributed by atoms with Crippen LogP contribution in [0.15, 0.2) is 48.5 Å². The van der Waals surface area contributed by atoms with Gasteiger partial charge >= 0.3 is 5.97 Å². The molecule has 0 aromatic heterocycles. The fraction of sp³-hybridized carbons (Fsp3) is 0.222. The molecule has 8 nitrogen and oxygen atoms in total. The second-order valence-electron chi connectivity index (χ2n) is 5.43. The van der Waals surface area contributed by atoms with Crippen LogP contribution in [0, 0.1) is 10.1 Å². The summed E-state index contributed by atoms with van der Waals surface area (Å²) in [5, 5.41) is 13.4. The van der Waals surface area contributed by atoms with Gasteiger partial charge in [0.2, 0.25) is 0 Å². The number of non-ortho nitro benzene ring substituents is 1. The van der Waals surface area contributed by atoms with Crippen molar-refractivity contribution in [1.29, 1.82) is 0 Å². The maximum atomic E-state index is 12.2. The van der Waals surface area contributed by atoms with Crippen LogP contribution in [0.5, 0.6) is 5.75 Å². The van der Waals surface area contributed by atoms with E-state index in [0.29, 0.717) is 0 Å². The monoisotopic (exact) mass is 358 g/mol. The molecule has 0 aliphatic carbocycles. The normalized spacial score (nSPS) is 11.3. The maximum Gasteiger partial charge on any atom is 0.311 e. The summed E-state index contributed by atoms with van der Waals surface area (Å²) in [6.45, 7) is 1.42. The molecule has 2 aromatic carbocycles. The molecule has 1 unspecified atom stereocenters. The van der Waals surface area contributed by atoms with Crippen LogP contribution in [0.4, 0.5) is 11.4 Å². The predicted octanol–water partition coefficient (Wildman–Crippen LogP) is 2.72. The molecule has 26 heavy (non-hydrogen) atoms. The molecule has 2 rings (SSSR count). The zero-order valence-electron chi connectivity index (χ0n) is 14.3. The van der Waals surface area contributed by atoms with E-state index in [-0.39, 0.29) is 23.5 Å². The third-order valence-electron chi connectivity index (χ3n) is 3.52. The second-order valence-corrected chi connectivity index (χ2v) is 5.43. The van der Waals surface area contributed by atoms with E-state index < -0.39 is 22.9 Å². The lowest BCUT2D eigenvalue weighted by Gasteiger charge is -2.15. The van der Waals surface area contributed by atoms with Gasteiger partial charge in [-0.3, -0.25) is 19.7 Å². The van der Waals surface area contributed by atoms with Gasteiger partial charge in [-0.1, -0.05) is 30.3 Å². The average Bonchev–Trinajstić information content (AvgIpc) is 2.62. The molecule has 8 heteroatoms. The van der Waals surface area contributed by atoms with Gasteiger partial charge in [0.05, 0.1) is 24.1 Å². The van der Waals surface area contributed by atoms with Crippen molar-refractivity contribution in [2.24, 2.45) is 0 Å². The van der Waals surface area contributed by atoms with Crippen LogP contribution in [0.2, 0.25) is 0 Å². The van der Waals surface area contributed by atoms with Gasteiger partial charge in [0.25, 0.3) is 11.6 Å². The Morgan fingerprint density at radius 2 is 1.88 bits per heavy atom. The lowest BCUT2D eigenvalue weighted by molar-refractivity contribution is -0.384. The number of methoxy groups -OCH3 is 1. The fourth-order valence-electron chi connectivity index (χ4n) is 2.20. The largest absolute Gasteiger partial charge is 0.495 e. The minimum absolute atomic E-state index is 0.0403. The minimum atomic E-state index is -1.07. The molecule has 1 amide bonds. The number of hydrogen-bond acceptors (Lipinski definition) is 6. The second kappa shape index (κ2) is 8.61. The molecule has 1 N–H and O–H groups in total. The highest BCUT2D eigenvalue weighted by Gasteiger charge is 2.21. The number of anilines is 1. The van der Waals surface area contributed by atoms with Crippen molar-refractivity contribution in [3.8, 4) is 5.75 Å². The summed E-state index contributed by atoms with van der Waals surface area (Å²) in [7, 11) is 1.38. The Kier molecular flexibility index (Phi) is 6.26. The highest BCUT2D eigenvalue weighted by Crippen LogP contribution is 2.29. The number of ether oxygens (including phenoxy) is 2. The zero-order chi connectivity index (χ0) is 19.1. The predicted molar refractivity (Wildman–Crippen MR) is 94.0 cm³/mol. The average molecular weight is 358 g/mol. The molecule has 136 valence electrons. The van der Waals surface area contributed by atoms with Crippen molar-refractivity contribution in [1.82, 2.24) is 0 Å². The molecular formula is C18H18N2O6. The van der Waals surface area contributed by atoms with E-state index in [4.69, 9.17) is 9.47 Å². The lowest BCUT2D eigenvalue weighted by atomic mass is 10.1. The summed E-state index contributed by atoms with van der Waals surface area (Å²) in [5.41, 5.74) is 0.693. The van der Waals surface area contributed by atoms with Crippen LogP contribution in [0.1, 0.15) is 12.5 Å². The molecule has 0 bridgehead atoms. The summed E-state index contributed by atoms with van der Waals surface area (Å²) in [5.74, 6) is -0.915. The highest BCUT2D eigenvalue weighted by molar-refractivity contribution is 5.96. The van der Waals surface area contributed by atoms with E-state index in [1.807, 2.05) is 6.07 Å². The van der Waals surface area contributed by atoms with Gasteiger partial charge in [-0.2, -0.15) is 0 Å². The Labute approximate surface area is 149 Å². The summed E-state index contributed by atoms with van der Waals surface area (Å²) in [6.07, 6.45) is -1.03. The highest BCUT2D eigenvalue weighted by atomic mass is 16.6. The third kappa shape index (κ3) is 5.04. The standard InChI is InChI=1S/C18H18N2O6/c1-12(26-17(21)10-13-6-4-3-5-7-13)18(22)19-15-11-14(20(23)24)8-9-16(15)25-2/h3-9,11-12H,10H2,1-2H3,(H,19,22). The SMILES string of the molecule is COc1ccc([N+](=O)[O-])cc1NC(=O)C(C)OC(=O)Cc1ccccc1. The van der Waals surface area contributed by atoms with Gasteiger partial charge in [-0.25, -0.2) is 0 Å². The Balaban J connectivity index is 2.01. The van der Waals surface area contributed by atoms with Crippen molar-refractivity contribution in [3.05, 3.63) is 64.2 Å². The van der Waals surface area contributed by atoms with Gasteiger partial charge in [0, 0.05) is 12.1 Å². The van der Waals surface area contributed by atoms with Gasteiger partial charge in [0.15, 0.2) is 6.10 Å². The first-order chi connectivity index (χ1) is 12.4. The number of nitrogens with one attached hydrogen (secondary N) is 1. The molecule has 0 spiro atoms. The smallest absolute Gasteiger partial charge is 0.311 e. The number of esters is 1. The molecule has 0 fully saturated rings. The van der Waals surface area contributed by atoms with Crippen molar-refractivity contribution in [2.45, 2.75) is 19.4 Å². The Morgan fingerprint density at radius 1 is 1.19 bits per heavy atom. The van der Waals surface area contributed by atoms with Crippen molar-refractivity contribution < 1.29 is 24.0 Å². The quantitative estimate of drug-likeness (QED) is 0.463. The Hall–Kier alpha value is -3.42. The number of benzene rings is 2. The molecule has 2 aromatic rings. The van der Waals surface area contributed by atoms with E-state index >= 15 is 0 Å². The Bertz CT molecular complexity index is 807. The lowest BCUT2D eigenvalue weighted by Crippen LogP contribution is -2.30. The zero-order valence-corrected chi connectivity index (χ0v) is 14.3. The van der Waals surface area contributed by atoms with Gasteiger partial charge in [-0.05, 0) is 18.6 Å². The van der Waals surface area contributed by atoms with E-state index in [9.17, 15) is 19.7 Å². The summed E-state index contributed by atoms with van der Waals surface area (Å²) >= 11 is 0. The number of hydrogen-bond donors (Lipinski definition) is 1. The molecule has 0 saturated heterocycles. The number of carbonyl (C=O) groups excluding carboxylic acids is 2. The molecule has 1 atom stereocenters. The summed E-state index contributed by atoms with van der Waals surface area (Å²) in [6, 6.07) is 12.8. The van der Waals surface area contributed by atoms with Gasteiger partial charge in [0.1, 0.15) is 5.75 Å². The van der Waals surface area contributed by atoms with Crippen molar-refractivity contribution in [2.75, 3.05) is 12.4 Å². The third-order valence-corrected chi connectivity index (χ3v) is 3.52. The fourth-order valence-corrected chi connectivity index (χ4v) is 2.20. The van der Waals surface area contributed by atoms with Crippen LogP contribution < -0.4 is 10.1 Å².